The number of carbonyl (C=O) groups is 1. The summed E-state index contributed by atoms with van der Waals surface area (Å²) in [6.07, 6.45) is 0.906. The molecule has 0 spiro atoms. The van der Waals surface area contributed by atoms with Gasteiger partial charge in [-0.1, -0.05) is 32.0 Å². The Morgan fingerprint density at radius 1 is 1.27 bits per heavy atom. The molecule has 0 aliphatic rings. The number of amides is 1. The molecule has 1 aromatic carbocycles. The van der Waals surface area contributed by atoms with Crippen LogP contribution in [0.4, 0.5) is 0 Å². The van der Waals surface area contributed by atoms with Crippen molar-refractivity contribution in [1.29, 1.82) is 0 Å². The summed E-state index contributed by atoms with van der Waals surface area (Å²) in [7, 11) is -3.65. The maximum atomic E-state index is 11.8. The first-order valence-electron chi connectivity index (χ1n) is 6.74. The molecule has 1 amide bonds. The molecule has 1 aromatic heterocycles. The number of sulfonamides is 1. The minimum Gasteiger partial charge on any atom is -0.264 e. The molecule has 0 unspecified atom stereocenters. The lowest BCUT2D eigenvalue weighted by molar-refractivity contribution is 0.0971. The van der Waals surface area contributed by atoms with Crippen LogP contribution in [0, 0.1) is 6.92 Å². The summed E-state index contributed by atoms with van der Waals surface area (Å²) in [5.41, 5.74) is 1.88. The van der Waals surface area contributed by atoms with Gasteiger partial charge in [0.1, 0.15) is 5.82 Å². The van der Waals surface area contributed by atoms with Gasteiger partial charge in [-0.05, 0) is 24.5 Å². The zero-order chi connectivity index (χ0) is 16.5. The second-order valence-corrected chi connectivity index (χ2v) is 7.06. The van der Waals surface area contributed by atoms with E-state index in [0.717, 1.165) is 17.5 Å². The maximum absolute atomic E-state index is 11.8. The van der Waals surface area contributed by atoms with Crippen molar-refractivity contribution in [1.82, 2.24) is 19.5 Å². The van der Waals surface area contributed by atoms with Crippen LogP contribution >= 0.6 is 0 Å². The number of hydrogen-bond acceptors (Lipinski definition) is 5. The van der Waals surface area contributed by atoms with Gasteiger partial charge in [-0.15, -0.1) is 5.10 Å². The number of aromatic nitrogens is 3. The van der Waals surface area contributed by atoms with Crippen LogP contribution in [-0.4, -0.2) is 35.3 Å². The number of benzene rings is 1. The Labute approximate surface area is 129 Å². The van der Waals surface area contributed by atoms with Crippen molar-refractivity contribution in [3.8, 4) is 5.69 Å². The topological polar surface area (TPSA) is 93.9 Å². The van der Waals surface area contributed by atoms with E-state index in [2.05, 4.69) is 23.9 Å². The monoisotopic (exact) mass is 322 g/mol. The summed E-state index contributed by atoms with van der Waals surface area (Å²) in [4.78, 5) is 15.9. The molecular weight excluding hydrogens is 304 g/mol. The van der Waals surface area contributed by atoms with Crippen LogP contribution in [0.15, 0.2) is 24.3 Å². The molecule has 2 rings (SSSR count). The van der Waals surface area contributed by atoms with Gasteiger partial charge in [0.25, 0.3) is 0 Å². The normalized spacial score (nSPS) is 11.7. The third-order valence-corrected chi connectivity index (χ3v) is 3.59. The van der Waals surface area contributed by atoms with E-state index in [4.69, 9.17) is 0 Å². The van der Waals surface area contributed by atoms with Gasteiger partial charge in [0.15, 0.2) is 0 Å². The van der Waals surface area contributed by atoms with E-state index in [1.807, 2.05) is 29.0 Å². The van der Waals surface area contributed by atoms with Gasteiger partial charge >= 0.3 is 5.91 Å². The highest BCUT2D eigenvalue weighted by Gasteiger charge is 2.19. The van der Waals surface area contributed by atoms with Crippen LogP contribution in [0.1, 0.15) is 41.8 Å². The Kier molecular flexibility index (Phi) is 4.32. The third-order valence-electron chi connectivity index (χ3n) is 3.04. The summed E-state index contributed by atoms with van der Waals surface area (Å²) in [6.45, 7) is 5.83. The Morgan fingerprint density at radius 2 is 1.91 bits per heavy atom. The smallest absolute Gasteiger partial charge is 0.264 e. The molecule has 8 heteroatoms. The Hall–Kier alpha value is -2.22. The third kappa shape index (κ3) is 3.51. The van der Waals surface area contributed by atoms with E-state index >= 15 is 0 Å². The lowest BCUT2D eigenvalue weighted by Crippen LogP contribution is -2.30. The van der Waals surface area contributed by atoms with Crippen molar-refractivity contribution in [3.63, 3.8) is 0 Å². The van der Waals surface area contributed by atoms with Crippen LogP contribution in [0.3, 0.4) is 0 Å². The molecule has 0 radical (unpaired) electrons. The van der Waals surface area contributed by atoms with Gasteiger partial charge in [0.2, 0.25) is 15.8 Å². The fourth-order valence-electron chi connectivity index (χ4n) is 2.10. The molecule has 1 heterocycles. The maximum Gasteiger partial charge on any atom is 0.304 e. The predicted molar refractivity (Wildman–Crippen MR) is 82.5 cm³/mol. The van der Waals surface area contributed by atoms with Crippen molar-refractivity contribution in [2.45, 2.75) is 26.7 Å². The van der Waals surface area contributed by atoms with Crippen LogP contribution in [0.5, 0.6) is 0 Å². The van der Waals surface area contributed by atoms with Gasteiger partial charge in [-0.25, -0.2) is 22.8 Å². The van der Waals surface area contributed by atoms with E-state index in [0.29, 0.717) is 5.82 Å². The number of hydrogen-bond donors (Lipinski definition) is 1. The SMILES string of the molecule is Cc1nc(C(=O)NS(C)(=O)=O)nn1-c1ccccc1C(C)C. The number of carbonyl (C=O) groups excluding carboxylic acids is 1. The fraction of sp³-hybridized carbons (Fsp3) is 0.357. The summed E-state index contributed by atoms with van der Waals surface area (Å²) < 4.78 is 25.7. The van der Waals surface area contributed by atoms with E-state index in [1.165, 1.54) is 0 Å². The minimum absolute atomic E-state index is 0.179. The Morgan fingerprint density at radius 3 is 2.50 bits per heavy atom. The molecular formula is C14H18N4O3S. The lowest BCUT2D eigenvalue weighted by Gasteiger charge is -2.12. The van der Waals surface area contributed by atoms with E-state index in [9.17, 15) is 13.2 Å². The lowest BCUT2D eigenvalue weighted by atomic mass is 10.0. The number of rotatable bonds is 4. The number of nitrogens with one attached hydrogen (secondary N) is 1. The summed E-state index contributed by atoms with van der Waals surface area (Å²) in [5.74, 6) is -0.243. The molecule has 22 heavy (non-hydrogen) atoms. The first kappa shape index (κ1) is 16.2. The number of nitrogens with zero attached hydrogens (tertiary/aromatic N) is 3. The minimum atomic E-state index is -3.65. The van der Waals surface area contributed by atoms with Crippen LogP contribution in [0.25, 0.3) is 5.69 Å². The summed E-state index contributed by atoms with van der Waals surface area (Å²) in [6, 6.07) is 7.67. The Bertz CT molecular complexity index is 809. The molecule has 0 saturated carbocycles. The van der Waals surface area contributed by atoms with Crippen molar-refractivity contribution in [2.24, 2.45) is 0 Å². The van der Waals surface area contributed by atoms with E-state index in [-0.39, 0.29) is 11.7 Å². The van der Waals surface area contributed by atoms with Crippen molar-refractivity contribution in [3.05, 3.63) is 41.5 Å². The molecule has 118 valence electrons. The first-order chi connectivity index (χ1) is 10.2. The molecule has 2 aromatic rings. The van der Waals surface area contributed by atoms with E-state index in [1.54, 1.807) is 11.6 Å². The highest BCUT2D eigenvalue weighted by atomic mass is 32.2. The summed E-state index contributed by atoms with van der Waals surface area (Å²) in [5, 5.41) is 4.14. The quantitative estimate of drug-likeness (QED) is 0.918. The zero-order valence-corrected chi connectivity index (χ0v) is 13.7. The van der Waals surface area contributed by atoms with Gasteiger partial charge in [0, 0.05) is 0 Å². The summed E-state index contributed by atoms with van der Waals surface area (Å²) >= 11 is 0. The van der Waals surface area contributed by atoms with Gasteiger partial charge in [-0.3, -0.25) is 4.79 Å². The van der Waals surface area contributed by atoms with Crippen molar-refractivity contribution < 1.29 is 13.2 Å². The average molecular weight is 322 g/mol. The fourth-order valence-corrected chi connectivity index (χ4v) is 2.53. The molecule has 0 saturated heterocycles. The molecule has 0 atom stereocenters. The van der Waals surface area contributed by atoms with Crippen molar-refractivity contribution in [2.75, 3.05) is 6.26 Å². The van der Waals surface area contributed by atoms with Gasteiger partial charge < -0.3 is 0 Å². The van der Waals surface area contributed by atoms with Crippen molar-refractivity contribution >= 4 is 15.9 Å². The second-order valence-electron chi connectivity index (χ2n) is 5.31. The number of para-hydroxylation sites is 1. The van der Waals surface area contributed by atoms with Crippen LogP contribution < -0.4 is 4.72 Å². The molecule has 0 aliphatic carbocycles. The van der Waals surface area contributed by atoms with Gasteiger partial charge in [-0.2, -0.15) is 0 Å². The predicted octanol–water partition coefficient (Wildman–Crippen LogP) is 1.39. The highest BCUT2D eigenvalue weighted by Crippen LogP contribution is 2.23. The molecule has 0 fully saturated rings. The highest BCUT2D eigenvalue weighted by molar-refractivity contribution is 7.89. The van der Waals surface area contributed by atoms with Crippen LogP contribution in [0.2, 0.25) is 0 Å². The zero-order valence-electron chi connectivity index (χ0n) is 12.9. The molecule has 7 nitrogen and oxygen atoms in total. The Balaban J connectivity index is 2.45. The van der Waals surface area contributed by atoms with Gasteiger partial charge in [0.05, 0.1) is 11.9 Å². The largest absolute Gasteiger partial charge is 0.304 e. The average Bonchev–Trinajstić information content (AvgIpc) is 2.79. The molecule has 1 N–H and O–H groups in total. The first-order valence-corrected chi connectivity index (χ1v) is 8.63. The van der Waals surface area contributed by atoms with Crippen LogP contribution in [-0.2, 0) is 10.0 Å². The number of aryl methyl sites for hydroxylation is 1. The second kappa shape index (κ2) is 5.88. The molecule has 0 bridgehead atoms. The standard InChI is InChI=1S/C14H18N4O3S/c1-9(2)11-7-5-6-8-12(11)18-10(3)15-13(16-18)14(19)17-22(4,20)21/h5-9H,1-4H3,(H,17,19). The van der Waals surface area contributed by atoms with E-state index < -0.39 is 15.9 Å². The molecule has 0 aliphatic heterocycles.